The predicted molar refractivity (Wildman–Crippen MR) is 99.4 cm³/mol. The lowest BCUT2D eigenvalue weighted by Gasteiger charge is -2.36. The number of benzene rings is 2. The summed E-state index contributed by atoms with van der Waals surface area (Å²) < 4.78 is 49.2. The number of rotatable bonds is 3. The van der Waals surface area contributed by atoms with Crippen LogP contribution in [0, 0.1) is 5.92 Å². The van der Waals surface area contributed by atoms with Gasteiger partial charge in [-0.05, 0) is 24.6 Å². The lowest BCUT2D eigenvalue weighted by Crippen LogP contribution is -2.41. The van der Waals surface area contributed by atoms with Crippen molar-refractivity contribution in [3.8, 4) is 0 Å². The lowest BCUT2D eigenvalue weighted by atomic mass is 9.77. The molecule has 0 spiro atoms. The Balaban J connectivity index is 2.04. The third-order valence-electron chi connectivity index (χ3n) is 4.98. The Morgan fingerprint density at radius 3 is 2.59 bits per heavy atom. The van der Waals surface area contributed by atoms with E-state index in [9.17, 15) is 18.0 Å². The first-order valence-corrected chi connectivity index (χ1v) is 8.97. The number of carbonyl (C=O) groups is 1. The number of halogens is 3. The molecule has 0 aliphatic heterocycles. The van der Waals surface area contributed by atoms with E-state index in [0.29, 0.717) is 22.2 Å². The monoisotopic (exact) mass is 402 g/mol. The number of aromatic nitrogens is 3. The van der Waals surface area contributed by atoms with E-state index >= 15 is 0 Å². The molecule has 4 rings (SSSR count). The first-order chi connectivity index (χ1) is 13.8. The van der Waals surface area contributed by atoms with Gasteiger partial charge in [0.2, 0.25) is 0 Å². The van der Waals surface area contributed by atoms with Crippen molar-refractivity contribution in [2.45, 2.75) is 19.1 Å². The number of para-hydroxylation sites is 1. The van der Waals surface area contributed by atoms with Gasteiger partial charge in [0.05, 0.1) is 29.4 Å². The summed E-state index contributed by atoms with van der Waals surface area (Å²) in [5.74, 6) is -3.32. The maximum absolute atomic E-state index is 14.3. The molecule has 3 aromatic rings. The highest BCUT2D eigenvalue weighted by molar-refractivity contribution is 5.99. The molecular weight excluding hydrogens is 385 g/mol. The Morgan fingerprint density at radius 2 is 1.86 bits per heavy atom. The minimum atomic E-state index is -4.78. The largest absolute Gasteiger partial charge is 0.463 e. The molecule has 1 heterocycles. The average Bonchev–Trinajstić information content (AvgIpc) is 3.11. The van der Waals surface area contributed by atoms with Gasteiger partial charge < -0.3 is 10.5 Å². The minimum absolute atomic E-state index is 0.0707. The topological polar surface area (TPSA) is 83.0 Å². The van der Waals surface area contributed by atoms with Crippen molar-refractivity contribution < 1.29 is 22.7 Å². The van der Waals surface area contributed by atoms with Crippen LogP contribution >= 0.6 is 0 Å². The van der Waals surface area contributed by atoms with Crippen molar-refractivity contribution in [1.82, 2.24) is 15.0 Å². The Hall–Kier alpha value is -3.36. The van der Waals surface area contributed by atoms with E-state index in [1.54, 1.807) is 48.5 Å². The number of hydrogen-bond acceptors (Lipinski definition) is 5. The molecule has 2 atom stereocenters. The van der Waals surface area contributed by atoms with Gasteiger partial charge in [0.15, 0.2) is 0 Å². The smallest absolute Gasteiger partial charge is 0.398 e. The predicted octanol–water partition coefficient (Wildman–Crippen LogP) is 3.45. The van der Waals surface area contributed by atoms with Crippen LogP contribution in [0.3, 0.4) is 0 Å². The van der Waals surface area contributed by atoms with Crippen LogP contribution < -0.4 is 5.73 Å². The molecular formula is C20H17F3N4O2. The summed E-state index contributed by atoms with van der Waals surface area (Å²) in [5, 5.41) is 7.99. The molecule has 0 fully saturated rings. The summed E-state index contributed by atoms with van der Waals surface area (Å²) in [6.07, 6.45) is -4.78. The van der Waals surface area contributed by atoms with Gasteiger partial charge in [-0.3, -0.25) is 0 Å². The molecule has 0 amide bonds. The van der Waals surface area contributed by atoms with Crippen molar-refractivity contribution in [2.24, 2.45) is 11.7 Å². The Bertz CT molecular complexity index is 1120. The fraction of sp³-hybridized carbons (Fsp3) is 0.250. The lowest BCUT2D eigenvalue weighted by molar-refractivity contribution is -0.178. The van der Waals surface area contributed by atoms with Crippen molar-refractivity contribution in [2.75, 3.05) is 6.61 Å². The Labute approximate surface area is 163 Å². The van der Waals surface area contributed by atoms with Crippen LogP contribution in [0.15, 0.2) is 54.1 Å². The number of hydrogen-bond donors (Lipinski definition) is 1. The molecule has 0 saturated heterocycles. The van der Waals surface area contributed by atoms with Gasteiger partial charge in [-0.15, -0.1) is 5.10 Å². The Morgan fingerprint density at radius 1 is 1.17 bits per heavy atom. The van der Waals surface area contributed by atoms with Crippen LogP contribution in [0.2, 0.25) is 0 Å². The van der Waals surface area contributed by atoms with Crippen LogP contribution in [-0.4, -0.2) is 33.7 Å². The molecule has 2 aromatic carbocycles. The molecule has 0 saturated carbocycles. The summed E-state index contributed by atoms with van der Waals surface area (Å²) in [7, 11) is 0. The van der Waals surface area contributed by atoms with Crippen molar-refractivity contribution in [3.05, 3.63) is 65.2 Å². The van der Waals surface area contributed by atoms with Crippen LogP contribution in [0.1, 0.15) is 24.1 Å². The van der Waals surface area contributed by atoms with Gasteiger partial charge in [-0.1, -0.05) is 41.6 Å². The van der Waals surface area contributed by atoms with E-state index in [1.807, 2.05) is 0 Å². The van der Waals surface area contributed by atoms with Gasteiger partial charge in [0.1, 0.15) is 11.4 Å². The standard InChI is InChI=1S/C20H17F3N4O2/c1-2-29-19(28)15-16(20(21,22)23)18(12-8-4-3-7-11(12)17(15)24)27-14-10-6-5-9-13(14)25-26-27/h3-10,16,18H,2,24H2,1H3. The molecule has 1 aliphatic rings. The molecule has 0 bridgehead atoms. The second kappa shape index (κ2) is 6.91. The van der Waals surface area contributed by atoms with Gasteiger partial charge in [-0.2, -0.15) is 13.2 Å². The zero-order valence-corrected chi connectivity index (χ0v) is 15.3. The molecule has 6 nitrogen and oxygen atoms in total. The summed E-state index contributed by atoms with van der Waals surface area (Å²) in [5.41, 5.74) is 6.76. The number of esters is 1. The Kier molecular flexibility index (Phi) is 4.52. The molecule has 0 radical (unpaired) electrons. The third kappa shape index (κ3) is 3.02. The van der Waals surface area contributed by atoms with E-state index in [4.69, 9.17) is 10.5 Å². The van der Waals surface area contributed by atoms with Crippen LogP contribution in [0.25, 0.3) is 16.7 Å². The van der Waals surface area contributed by atoms with Gasteiger partial charge in [-0.25, -0.2) is 9.48 Å². The van der Waals surface area contributed by atoms with Gasteiger partial charge >= 0.3 is 12.1 Å². The zero-order valence-electron chi connectivity index (χ0n) is 15.3. The van der Waals surface area contributed by atoms with E-state index in [0.717, 1.165) is 0 Å². The minimum Gasteiger partial charge on any atom is -0.463 e. The molecule has 29 heavy (non-hydrogen) atoms. The van der Waals surface area contributed by atoms with Crippen molar-refractivity contribution in [3.63, 3.8) is 0 Å². The highest BCUT2D eigenvalue weighted by Gasteiger charge is 2.54. The maximum Gasteiger partial charge on any atom is 0.398 e. The normalized spacial score (nSPS) is 19.3. The van der Waals surface area contributed by atoms with Gasteiger partial charge in [0.25, 0.3) is 0 Å². The number of nitrogens with two attached hydrogens (primary N) is 1. The highest BCUT2D eigenvalue weighted by Crippen LogP contribution is 2.49. The molecule has 1 aliphatic carbocycles. The number of ether oxygens (including phenoxy) is 1. The van der Waals surface area contributed by atoms with Crippen molar-refractivity contribution >= 4 is 22.7 Å². The van der Waals surface area contributed by atoms with E-state index in [1.165, 1.54) is 11.6 Å². The summed E-state index contributed by atoms with van der Waals surface area (Å²) >= 11 is 0. The fourth-order valence-corrected chi connectivity index (χ4v) is 3.80. The second-order valence-corrected chi connectivity index (χ2v) is 6.62. The quantitative estimate of drug-likeness (QED) is 0.679. The molecule has 2 N–H and O–H groups in total. The number of alkyl halides is 3. The number of nitrogens with zero attached hydrogens (tertiary/aromatic N) is 3. The summed E-state index contributed by atoms with van der Waals surface area (Å²) in [6, 6.07) is 11.8. The van der Waals surface area contributed by atoms with E-state index in [2.05, 4.69) is 10.3 Å². The van der Waals surface area contributed by atoms with Crippen LogP contribution in [0.4, 0.5) is 13.2 Å². The summed E-state index contributed by atoms with van der Waals surface area (Å²) in [6.45, 7) is 1.45. The maximum atomic E-state index is 14.3. The second-order valence-electron chi connectivity index (χ2n) is 6.62. The SMILES string of the molecule is CCOC(=O)C1=C(N)c2ccccc2C(n2nnc3ccccc32)C1C(F)(F)F. The first kappa shape index (κ1) is 19.0. The van der Waals surface area contributed by atoms with E-state index in [-0.39, 0.29) is 12.3 Å². The van der Waals surface area contributed by atoms with E-state index < -0.39 is 29.7 Å². The number of carbonyl (C=O) groups excluding carboxylic acids is 1. The van der Waals surface area contributed by atoms with Gasteiger partial charge in [0, 0.05) is 5.56 Å². The number of fused-ring (bicyclic) bond motifs is 2. The van der Waals surface area contributed by atoms with Crippen molar-refractivity contribution in [1.29, 1.82) is 0 Å². The first-order valence-electron chi connectivity index (χ1n) is 8.97. The van der Waals surface area contributed by atoms with Crippen LogP contribution in [-0.2, 0) is 9.53 Å². The molecule has 1 aromatic heterocycles. The molecule has 150 valence electrons. The molecule has 9 heteroatoms. The zero-order chi connectivity index (χ0) is 20.8. The fourth-order valence-electron chi connectivity index (χ4n) is 3.80. The van der Waals surface area contributed by atoms with Crippen LogP contribution in [0.5, 0.6) is 0 Å². The third-order valence-corrected chi connectivity index (χ3v) is 4.98. The highest BCUT2D eigenvalue weighted by atomic mass is 19.4. The average molecular weight is 402 g/mol. The molecule has 2 unspecified atom stereocenters. The summed E-state index contributed by atoms with van der Waals surface area (Å²) in [4.78, 5) is 12.5.